The molecule has 1 aliphatic carbocycles. The van der Waals surface area contributed by atoms with Crippen LogP contribution in [-0.2, 0) is 14.7 Å². The first-order valence-corrected chi connectivity index (χ1v) is 12.7. The lowest BCUT2D eigenvalue weighted by Crippen LogP contribution is -2.41. The van der Waals surface area contributed by atoms with Crippen LogP contribution >= 0.6 is 0 Å². The Morgan fingerprint density at radius 2 is 1.42 bits per heavy atom. The van der Waals surface area contributed by atoms with Gasteiger partial charge in [-0.1, -0.05) is 62.4 Å². The number of furan rings is 1. The third-order valence-corrected chi connectivity index (χ3v) is 8.60. The minimum atomic E-state index is -0.408. The molecule has 36 heavy (non-hydrogen) atoms. The molecule has 2 aromatic heterocycles. The molecule has 3 heterocycles. The fraction of sp³-hybridized carbons (Fsp3) is 0.290. The number of hydrogen-bond acceptors (Lipinski definition) is 3. The van der Waals surface area contributed by atoms with E-state index in [1.807, 2.05) is 6.07 Å². The van der Waals surface area contributed by atoms with Crippen molar-refractivity contribution < 1.29 is 13.7 Å². The molecular formula is C31H30BNO3. The summed E-state index contributed by atoms with van der Waals surface area (Å²) in [5.41, 5.74) is 9.08. The van der Waals surface area contributed by atoms with E-state index < -0.39 is 7.12 Å². The van der Waals surface area contributed by atoms with Crippen molar-refractivity contribution in [3.8, 4) is 16.8 Å². The standard InChI is InChI=1S/C31H30BNO3/c1-29(2)23-17-16-19(32-35-30(3,4)31(5,6)36-32)18-22(23)25-27-26(21-14-10-11-15-24(21)34-27)33(28(25)29)20-12-8-7-9-13-20/h7-18H,1-6H3. The second-order valence-electron chi connectivity index (χ2n) is 11.7. The van der Waals surface area contributed by atoms with E-state index in [-0.39, 0.29) is 16.6 Å². The third kappa shape index (κ3) is 2.73. The molecule has 0 spiro atoms. The maximum atomic E-state index is 6.60. The number of hydrogen-bond donors (Lipinski definition) is 0. The monoisotopic (exact) mass is 475 g/mol. The fourth-order valence-electron chi connectivity index (χ4n) is 6.00. The van der Waals surface area contributed by atoms with Gasteiger partial charge in [0.2, 0.25) is 0 Å². The van der Waals surface area contributed by atoms with Gasteiger partial charge in [-0.25, -0.2) is 0 Å². The maximum absolute atomic E-state index is 6.60. The Morgan fingerprint density at radius 3 is 2.14 bits per heavy atom. The van der Waals surface area contributed by atoms with Crippen LogP contribution < -0.4 is 5.46 Å². The Morgan fingerprint density at radius 1 is 0.750 bits per heavy atom. The molecule has 3 aromatic carbocycles. The van der Waals surface area contributed by atoms with Crippen molar-refractivity contribution in [2.75, 3.05) is 0 Å². The van der Waals surface area contributed by atoms with Crippen molar-refractivity contribution in [1.82, 2.24) is 4.57 Å². The van der Waals surface area contributed by atoms with Crippen molar-refractivity contribution in [3.63, 3.8) is 0 Å². The highest BCUT2D eigenvalue weighted by atomic mass is 16.7. The lowest BCUT2D eigenvalue weighted by atomic mass is 9.76. The predicted octanol–water partition coefficient (Wildman–Crippen LogP) is 6.98. The normalized spacial score (nSPS) is 19.2. The molecule has 0 saturated carbocycles. The number of nitrogens with zero attached hydrogens (tertiary/aromatic N) is 1. The van der Waals surface area contributed by atoms with Crippen LogP contribution in [0.1, 0.15) is 52.8 Å². The number of rotatable bonds is 2. The SMILES string of the molecule is CC1(C)c2ccc(B3OC(C)(C)C(C)(C)O3)cc2-c2c1n(-c1ccccc1)c1c2oc2ccccc21. The van der Waals surface area contributed by atoms with E-state index >= 15 is 0 Å². The summed E-state index contributed by atoms with van der Waals surface area (Å²) in [5.74, 6) is 0. The Kier molecular flexibility index (Phi) is 4.23. The van der Waals surface area contributed by atoms with Gasteiger partial charge in [-0.05, 0) is 68.6 Å². The van der Waals surface area contributed by atoms with Crippen molar-refractivity contribution >= 4 is 34.7 Å². The lowest BCUT2D eigenvalue weighted by Gasteiger charge is -2.32. The average molecular weight is 475 g/mol. The highest BCUT2D eigenvalue weighted by Crippen LogP contribution is 2.55. The molecule has 1 fully saturated rings. The van der Waals surface area contributed by atoms with Crippen molar-refractivity contribution in [2.45, 2.75) is 58.2 Å². The molecule has 0 unspecified atom stereocenters. The lowest BCUT2D eigenvalue weighted by molar-refractivity contribution is 0.00578. The van der Waals surface area contributed by atoms with Gasteiger partial charge in [0.05, 0.1) is 11.2 Å². The molecule has 5 aromatic rings. The van der Waals surface area contributed by atoms with E-state index in [4.69, 9.17) is 13.7 Å². The maximum Gasteiger partial charge on any atom is 0.494 e. The highest BCUT2D eigenvalue weighted by Gasteiger charge is 2.52. The van der Waals surface area contributed by atoms with Crippen molar-refractivity contribution in [2.24, 2.45) is 0 Å². The zero-order chi connectivity index (χ0) is 25.0. The molecule has 7 rings (SSSR count). The van der Waals surface area contributed by atoms with Gasteiger partial charge in [0.1, 0.15) is 11.1 Å². The molecule has 1 aliphatic heterocycles. The van der Waals surface area contributed by atoms with Crippen LogP contribution in [0, 0.1) is 0 Å². The molecule has 4 nitrogen and oxygen atoms in total. The van der Waals surface area contributed by atoms with Crippen LogP contribution in [0.2, 0.25) is 0 Å². The zero-order valence-corrected chi connectivity index (χ0v) is 21.7. The number of para-hydroxylation sites is 2. The summed E-state index contributed by atoms with van der Waals surface area (Å²) in [7, 11) is -0.408. The topological polar surface area (TPSA) is 36.5 Å². The van der Waals surface area contributed by atoms with E-state index in [1.165, 1.54) is 22.4 Å². The summed E-state index contributed by atoms with van der Waals surface area (Å²) < 4.78 is 21.8. The fourth-order valence-corrected chi connectivity index (χ4v) is 6.00. The second-order valence-corrected chi connectivity index (χ2v) is 11.7. The first-order chi connectivity index (χ1) is 17.1. The third-order valence-electron chi connectivity index (χ3n) is 8.60. The van der Waals surface area contributed by atoms with Gasteiger partial charge >= 0.3 is 7.12 Å². The summed E-state index contributed by atoms with van der Waals surface area (Å²) in [6, 6.07) is 25.6. The minimum Gasteiger partial charge on any atom is -0.454 e. The quantitative estimate of drug-likeness (QED) is 0.259. The molecule has 180 valence electrons. The van der Waals surface area contributed by atoms with Gasteiger partial charge in [-0.2, -0.15) is 0 Å². The van der Waals surface area contributed by atoms with Gasteiger partial charge < -0.3 is 18.3 Å². The molecule has 5 heteroatoms. The highest BCUT2D eigenvalue weighted by molar-refractivity contribution is 6.62. The van der Waals surface area contributed by atoms with Gasteiger partial charge in [0.25, 0.3) is 0 Å². The second kappa shape index (κ2) is 6.93. The summed E-state index contributed by atoms with van der Waals surface area (Å²) in [6.07, 6.45) is 0. The van der Waals surface area contributed by atoms with E-state index in [2.05, 4.69) is 113 Å². The van der Waals surface area contributed by atoms with Crippen LogP contribution in [0.15, 0.2) is 77.2 Å². The Labute approximate surface area is 212 Å². The first kappa shape index (κ1) is 22.0. The van der Waals surface area contributed by atoms with Crippen LogP contribution in [-0.4, -0.2) is 22.9 Å². The Hall–Kier alpha value is -3.28. The van der Waals surface area contributed by atoms with Gasteiger partial charge in [0, 0.05) is 27.7 Å². The van der Waals surface area contributed by atoms with Crippen molar-refractivity contribution in [3.05, 3.63) is 84.1 Å². The minimum absolute atomic E-state index is 0.211. The van der Waals surface area contributed by atoms with E-state index in [1.54, 1.807) is 0 Å². The summed E-state index contributed by atoms with van der Waals surface area (Å²) >= 11 is 0. The van der Waals surface area contributed by atoms with Crippen LogP contribution in [0.25, 0.3) is 38.9 Å². The van der Waals surface area contributed by atoms with Gasteiger partial charge in [-0.15, -0.1) is 0 Å². The Balaban J connectivity index is 1.52. The van der Waals surface area contributed by atoms with E-state index in [9.17, 15) is 0 Å². The number of benzene rings is 3. The largest absolute Gasteiger partial charge is 0.494 e. The smallest absolute Gasteiger partial charge is 0.454 e. The summed E-state index contributed by atoms with van der Waals surface area (Å²) in [6.45, 7) is 13.0. The summed E-state index contributed by atoms with van der Waals surface area (Å²) in [4.78, 5) is 0. The predicted molar refractivity (Wildman–Crippen MR) is 146 cm³/mol. The Bertz CT molecular complexity index is 1660. The average Bonchev–Trinajstić information content (AvgIpc) is 3.50. The molecule has 0 N–H and O–H groups in total. The summed E-state index contributed by atoms with van der Waals surface area (Å²) in [5, 5.41) is 1.13. The van der Waals surface area contributed by atoms with Crippen LogP contribution in [0.5, 0.6) is 0 Å². The molecule has 1 saturated heterocycles. The zero-order valence-electron chi connectivity index (χ0n) is 21.7. The molecular weight excluding hydrogens is 445 g/mol. The molecule has 2 aliphatic rings. The van der Waals surface area contributed by atoms with E-state index in [0.717, 1.165) is 33.2 Å². The first-order valence-electron chi connectivity index (χ1n) is 12.7. The molecule has 0 atom stereocenters. The van der Waals surface area contributed by atoms with Gasteiger partial charge in [0.15, 0.2) is 5.58 Å². The van der Waals surface area contributed by atoms with Gasteiger partial charge in [-0.3, -0.25) is 0 Å². The number of aromatic nitrogens is 1. The van der Waals surface area contributed by atoms with E-state index in [0.29, 0.717) is 0 Å². The van der Waals surface area contributed by atoms with Crippen molar-refractivity contribution in [1.29, 1.82) is 0 Å². The van der Waals surface area contributed by atoms with Crippen LogP contribution in [0.4, 0.5) is 0 Å². The number of fused-ring (bicyclic) bond motifs is 7. The van der Waals surface area contributed by atoms with Crippen LogP contribution in [0.3, 0.4) is 0 Å². The molecule has 0 bridgehead atoms. The molecule has 0 amide bonds. The molecule has 0 radical (unpaired) electrons.